The van der Waals surface area contributed by atoms with Gasteiger partial charge < -0.3 is 19.1 Å². The zero-order valence-corrected chi connectivity index (χ0v) is 22.4. The van der Waals surface area contributed by atoms with Gasteiger partial charge in [0, 0.05) is 6.20 Å². The topological polar surface area (TPSA) is 158 Å². The first kappa shape index (κ1) is 30.9. The second-order valence-corrected chi connectivity index (χ2v) is 10.9. The van der Waals surface area contributed by atoms with Gasteiger partial charge in [0.25, 0.3) is 12.0 Å². The van der Waals surface area contributed by atoms with Gasteiger partial charge in [0.15, 0.2) is 18.0 Å². The van der Waals surface area contributed by atoms with E-state index in [2.05, 4.69) is 5.09 Å². The van der Waals surface area contributed by atoms with Crippen LogP contribution in [0.15, 0.2) is 46.1 Å². The third kappa shape index (κ3) is 6.91. The molecule has 0 saturated carbocycles. The Morgan fingerprint density at radius 2 is 1.92 bits per heavy atom. The number of halogens is 4. The van der Waals surface area contributed by atoms with Gasteiger partial charge in [-0.15, -0.1) is 0 Å². The number of nitrogens with zero attached hydrogens (tertiary/aromatic N) is 1. The molecule has 216 valence electrons. The number of esters is 1. The van der Waals surface area contributed by atoms with Crippen molar-refractivity contribution in [1.82, 2.24) is 14.6 Å². The number of aliphatic hydroxyl groups is 1. The molecule has 1 aromatic heterocycles. The lowest BCUT2D eigenvalue weighted by molar-refractivity contribution is -0.183. The molecule has 2 heterocycles. The van der Waals surface area contributed by atoms with Crippen molar-refractivity contribution in [2.75, 3.05) is 6.61 Å². The number of aliphatic hydroxyl groups excluding tert-OH is 1. The third-order valence-electron chi connectivity index (χ3n) is 5.45. The van der Waals surface area contributed by atoms with Gasteiger partial charge in [0.2, 0.25) is 0 Å². The maximum absolute atomic E-state index is 15.3. The number of alkyl halides is 3. The van der Waals surface area contributed by atoms with Crippen molar-refractivity contribution in [3.05, 3.63) is 62.4 Å². The minimum Gasteiger partial charge on any atom is -0.462 e. The van der Waals surface area contributed by atoms with Crippen LogP contribution in [-0.4, -0.2) is 63.7 Å². The highest BCUT2D eigenvalue weighted by atomic mass is 35.5. The van der Waals surface area contributed by atoms with Gasteiger partial charge in [-0.25, -0.2) is 22.5 Å². The molecule has 3 rings (SSSR count). The summed E-state index contributed by atoms with van der Waals surface area (Å²) in [6, 6.07) is 5.98. The molecular weight excluding hydrogens is 574 g/mol. The second kappa shape index (κ2) is 12.2. The maximum atomic E-state index is 15.3. The van der Waals surface area contributed by atoms with Crippen molar-refractivity contribution in [1.29, 1.82) is 0 Å². The fraction of sp³-hybridized carbons (Fsp3) is 0.500. The number of nitrogens with one attached hydrogen (secondary N) is 2. The fourth-order valence-corrected chi connectivity index (χ4v) is 5.22. The highest BCUT2D eigenvalue weighted by Crippen LogP contribution is 2.49. The number of aromatic nitrogens is 2. The number of aromatic amines is 1. The number of rotatable bonds is 11. The molecule has 3 N–H and O–H groups in total. The van der Waals surface area contributed by atoms with E-state index in [0.29, 0.717) is 10.8 Å². The number of carbonyl (C=O) groups is 1. The Labute approximate surface area is 224 Å². The summed E-state index contributed by atoms with van der Waals surface area (Å²) in [5, 5.41) is 12.1. The van der Waals surface area contributed by atoms with Gasteiger partial charge in [0.1, 0.15) is 22.9 Å². The van der Waals surface area contributed by atoms with Gasteiger partial charge >= 0.3 is 19.4 Å². The van der Waals surface area contributed by atoms with Crippen molar-refractivity contribution in [2.24, 2.45) is 0 Å². The number of hydrogen-bond donors (Lipinski definition) is 3. The predicted molar refractivity (Wildman–Crippen MR) is 131 cm³/mol. The Morgan fingerprint density at radius 3 is 2.51 bits per heavy atom. The molecule has 1 unspecified atom stereocenters. The van der Waals surface area contributed by atoms with Gasteiger partial charge in [-0.05, 0) is 32.9 Å². The SMILES string of the molecule is CC(C)OC(=O)[C@H](C)NP(=O)(OC[C@@]1(C(F)F)O[C@@H](n2cc(Cl)c(=O)[nH]c2=O)[C@H](O)[C@H]1F)Oc1ccccc1. The van der Waals surface area contributed by atoms with E-state index in [9.17, 15) is 32.8 Å². The Bertz CT molecular complexity index is 1330. The predicted octanol–water partition coefficient (Wildman–Crippen LogP) is 2.56. The number of benzene rings is 1. The second-order valence-electron chi connectivity index (χ2n) is 8.81. The van der Waals surface area contributed by atoms with E-state index in [0.717, 1.165) is 0 Å². The normalized spacial score (nSPS) is 25.4. The average molecular weight is 600 g/mol. The lowest BCUT2D eigenvalue weighted by Crippen LogP contribution is -2.51. The zero-order chi connectivity index (χ0) is 29.1. The monoisotopic (exact) mass is 599 g/mol. The van der Waals surface area contributed by atoms with Gasteiger partial charge in [-0.3, -0.25) is 23.7 Å². The molecule has 0 amide bonds. The van der Waals surface area contributed by atoms with E-state index in [4.69, 9.17) is 30.1 Å². The number of hydrogen-bond acceptors (Lipinski definition) is 9. The molecule has 6 atom stereocenters. The van der Waals surface area contributed by atoms with Gasteiger partial charge in [0.05, 0.1) is 12.7 Å². The van der Waals surface area contributed by atoms with Crippen molar-refractivity contribution in [2.45, 2.75) is 63.4 Å². The van der Waals surface area contributed by atoms with E-state index >= 15 is 4.39 Å². The lowest BCUT2D eigenvalue weighted by Gasteiger charge is -2.31. The molecule has 1 aliphatic rings. The average Bonchev–Trinajstić information content (AvgIpc) is 3.11. The van der Waals surface area contributed by atoms with Crippen LogP contribution < -0.4 is 20.9 Å². The van der Waals surface area contributed by atoms with Crippen LogP contribution in [0.5, 0.6) is 5.75 Å². The molecule has 1 saturated heterocycles. The summed E-state index contributed by atoms with van der Waals surface area (Å²) in [4.78, 5) is 37.8. The summed E-state index contributed by atoms with van der Waals surface area (Å²) in [5.74, 6) is -0.931. The molecule has 1 aliphatic heterocycles. The summed E-state index contributed by atoms with van der Waals surface area (Å²) in [6.07, 6.45) is -10.9. The van der Waals surface area contributed by atoms with Crippen molar-refractivity contribution in [3.8, 4) is 5.75 Å². The minimum absolute atomic E-state index is 0.0552. The van der Waals surface area contributed by atoms with Crippen LogP contribution in [0.4, 0.5) is 13.2 Å². The Hall–Kier alpha value is -2.68. The molecule has 0 bridgehead atoms. The van der Waals surface area contributed by atoms with E-state index < -0.39 is 79.3 Å². The fourth-order valence-electron chi connectivity index (χ4n) is 3.53. The highest BCUT2D eigenvalue weighted by Gasteiger charge is 2.63. The summed E-state index contributed by atoms with van der Waals surface area (Å²) in [5.41, 5.74) is -5.52. The van der Waals surface area contributed by atoms with E-state index in [-0.39, 0.29) is 5.75 Å². The van der Waals surface area contributed by atoms with Crippen LogP contribution in [-0.2, 0) is 23.4 Å². The maximum Gasteiger partial charge on any atom is 0.459 e. The summed E-state index contributed by atoms with van der Waals surface area (Å²) in [6.45, 7) is 2.90. The largest absolute Gasteiger partial charge is 0.462 e. The lowest BCUT2D eigenvalue weighted by atomic mass is 9.98. The highest BCUT2D eigenvalue weighted by molar-refractivity contribution is 7.52. The van der Waals surface area contributed by atoms with Gasteiger partial charge in [-0.2, -0.15) is 5.09 Å². The first-order chi connectivity index (χ1) is 18.2. The van der Waals surface area contributed by atoms with Crippen molar-refractivity contribution < 1.29 is 46.2 Å². The van der Waals surface area contributed by atoms with Crippen LogP contribution >= 0.6 is 19.3 Å². The minimum atomic E-state index is -4.74. The Kier molecular flexibility index (Phi) is 9.68. The molecule has 1 aromatic carbocycles. The number of H-pyrrole nitrogens is 1. The van der Waals surface area contributed by atoms with Crippen LogP contribution in [0.25, 0.3) is 0 Å². The van der Waals surface area contributed by atoms with Crippen LogP contribution in [0.3, 0.4) is 0 Å². The Balaban J connectivity index is 1.92. The first-order valence-electron chi connectivity index (χ1n) is 11.5. The first-order valence-corrected chi connectivity index (χ1v) is 13.4. The molecule has 0 spiro atoms. The zero-order valence-electron chi connectivity index (χ0n) is 20.8. The number of carbonyl (C=O) groups excluding carboxylic acids is 1. The van der Waals surface area contributed by atoms with E-state index in [1.807, 2.05) is 0 Å². The molecule has 2 aromatic rings. The summed E-state index contributed by atoms with van der Waals surface area (Å²) < 4.78 is 78.7. The quantitative estimate of drug-likeness (QED) is 0.259. The molecular formula is C22H26ClF3N3O9P. The molecule has 1 fully saturated rings. The molecule has 39 heavy (non-hydrogen) atoms. The molecule has 0 radical (unpaired) electrons. The molecule has 12 nitrogen and oxygen atoms in total. The van der Waals surface area contributed by atoms with E-state index in [1.54, 1.807) is 24.9 Å². The van der Waals surface area contributed by atoms with E-state index in [1.165, 1.54) is 31.2 Å². The van der Waals surface area contributed by atoms with Gasteiger partial charge in [-0.1, -0.05) is 29.8 Å². The van der Waals surface area contributed by atoms with Crippen LogP contribution in [0.2, 0.25) is 5.02 Å². The number of para-hydroxylation sites is 1. The van der Waals surface area contributed by atoms with Crippen molar-refractivity contribution >= 4 is 25.3 Å². The molecule has 0 aliphatic carbocycles. The van der Waals surface area contributed by atoms with Crippen LogP contribution in [0, 0.1) is 0 Å². The standard InChI is InChI=1S/C22H26ClF3N3O9P/c1-11(2)36-19(32)12(3)28-39(34,38-13-7-5-4-6-8-13)35-10-22(20(25)26)16(24)15(30)18(37-22)29-9-14(23)17(31)27-21(29)33/h4-9,11-12,15-16,18,20,30H,10H2,1-3H3,(H,28,34)(H,27,31,33)/t12-,15+,16+,18+,22+,39?/m0/s1. The van der Waals surface area contributed by atoms with Crippen LogP contribution in [0.1, 0.15) is 27.0 Å². The van der Waals surface area contributed by atoms with Crippen molar-refractivity contribution in [3.63, 3.8) is 0 Å². The smallest absolute Gasteiger partial charge is 0.459 e. The number of ether oxygens (including phenoxy) is 2. The molecule has 17 heteroatoms. The summed E-state index contributed by atoms with van der Waals surface area (Å²) >= 11 is 5.68. The summed E-state index contributed by atoms with van der Waals surface area (Å²) in [7, 11) is -4.74. The third-order valence-corrected chi connectivity index (χ3v) is 7.35. The Morgan fingerprint density at radius 1 is 1.28 bits per heavy atom.